The smallest absolute Gasteiger partial charge is 0.326 e. The quantitative estimate of drug-likeness (QED) is 0.394. The first-order chi connectivity index (χ1) is 14.5. The molecule has 2 aromatic carbocycles. The molecule has 0 aliphatic heterocycles. The van der Waals surface area contributed by atoms with Gasteiger partial charge in [-0.3, -0.25) is 9.59 Å². The fraction of sp³-hybridized carbons (Fsp3) is 0.318. The molecule has 1 amide bonds. The molecule has 0 radical (unpaired) electrons. The molecule has 0 spiro atoms. The van der Waals surface area contributed by atoms with Crippen molar-refractivity contribution in [3.8, 4) is 5.75 Å². The van der Waals surface area contributed by atoms with Crippen molar-refractivity contribution >= 4 is 33.4 Å². The maximum atomic E-state index is 13.7. The van der Waals surface area contributed by atoms with Gasteiger partial charge in [-0.15, -0.1) is 0 Å². The summed E-state index contributed by atoms with van der Waals surface area (Å²) in [5, 5.41) is 0. The van der Waals surface area contributed by atoms with Crippen molar-refractivity contribution in [1.29, 1.82) is 0 Å². The number of fused-ring (bicyclic) bond motifs is 1. The van der Waals surface area contributed by atoms with Crippen LogP contribution in [0, 0.1) is 5.82 Å². The Hall–Kier alpha value is -3.00. The minimum absolute atomic E-state index is 0.119. The number of nitrogens with zero attached hydrogens (tertiary/aromatic N) is 2. The van der Waals surface area contributed by atoms with Crippen LogP contribution in [0.1, 0.15) is 37.0 Å². The van der Waals surface area contributed by atoms with Gasteiger partial charge in [-0.05, 0) is 49.7 Å². The van der Waals surface area contributed by atoms with Gasteiger partial charge >= 0.3 is 5.97 Å². The molecule has 8 heteroatoms. The maximum absolute atomic E-state index is 13.7. The highest BCUT2D eigenvalue weighted by Gasteiger charge is 2.14. The molecule has 0 atom stereocenters. The first-order valence-corrected chi connectivity index (χ1v) is 10.6. The first-order valence-electron chi connectivity index (χ1n) is 9.78. The zero-order valence-corrected chi connectivity index (χ0v) is 17.7. The van der Waals surface area contributed by atoms with E-state index in [0.29, 0.717) is 32.9 Å². The highest BCUT2D eigenvalue weighted by molar-refractivity contribution is 7.16. The van der Waals surface area contributed by atoms with Crippen LogP contribution < -0.4 is 9.54 Å². The highest BCUT2D eigenvalue weighted by Crippen LogP contribution is 2.19. The van der Waals surface area contributed by atoms with Gasteiger partial charge in [-0.2, -0.15) is 4.99 Å². The lowest BCUT2D eigenvalue weighted by Gasteiger charge is -2.06. The molecule has 0 fully saturated rings. The summed E-state index contributed by atoms with van der Waals surface area (Å²) >= 11 is 1.14. The Labute approximate surface area is 177 Å². The van der Waals surface area contributed by atoms with E-state index in [-0.39, 0.29) is 13.2 Å². The van der Waals surface area contributed by atoms with Crippen LogP contribution in [0.15, 0.2) is 47.5 Å². The van der Waals surface area contributed by atoms with Gasteiger partial charge in [0.25, 0.3) is 5.91 Å². The van der Waals surface area contributed by atoms with Gasteiger partial charge in [-0.1, -0.05) is 30.7 Å². The van der Waals surface area contributed by atoms with Crippen LogP contribution in [0.3, 0.4) is 0 Å². The average molecular weight is 431 g/mol. The summed E-state index contributed by atoms with van der Waals surface area (Å²) in [5.41, 5.74) is 0.980. The van der Waals surface area contributed by atoms with E-state index in [1.54, 1.807) is 41.8 Å². The molecule has 1 heterocycles. The largest absolute Gasteiger partial charge is 0.494 e. The van der Waals surface area contributed by atoms with Crippen LogP contribution in [0.25, 0.3) is 10.2 Å². The third kappa shape index (κ3) is 5.33. The van der Waals surface area contributed by atoms with Crippen LogP contribution >= 0.6 is 11.3 Å². The molecule has 30 heavy (non-hydrogen) atoms. The van der Waals surface area contributed by atoms with Crippen molar-refractivity contribution in [1.82, 2.24) is 4.57 Å². The second-order valence-corrected chi connectivity index (χ2v) is 7.54. The Morgan fingerprint density at radius 3 is 2.77 bits per heavy atom. The minimum Gasteiger partial charge on any atom is -0.494 e. The van der Waals surface area contributed by atoms with E-state index in [4.69, 9.17) is 9.47 Å². The number of hydrogen-bond acceptors (Lipinski definition) is 5. The number of ether oxygens (including phenoxy) is 2. The van der Waals surface area contributed by atoms with Gasteiger partial charge in [0.2, 0.25) is 0 Å². The van der Waals surface area contributed by atoms with E-state index in [1.807, 2.05) is 0 Å². The molecule has 0 unspecified atom stereocenters. The molecule has 3 aromatic rings. The first kappa shape index (κ1) is 21.7. The lowest BCUT2D eigenvalue weighted by atomic mass is 10.2. The molecular weight excluding hydrogens is 407 g/mol. The summed E-state index contributed by atoms with van der Waals surface area (Å²) < 4.78 is 26.5. The molecule has 0 saturated carbocycles. The molecule has 0 saturated heterocycles. The lowest BCUT2D eigenvalue weighted by Crippen LogP contribution is -2.23. The van der Waals surface area contributed by atoms with Gasteiger partial charge in [-0.25, -0.2) is 4.39 Å². The number of thiazole rings is 1. The fourth-order valence-corrected chi connectivity index (χ4v) is 3.88. The van der Waals surface area contributed by atoms with E-state index in [1.165, 1.54) is 12.1 Å². The number of unbranched alkanes of at least 4 members (excludes halogenated alkanes) is 1. The Bertz CT molecular complexity index is 1120. The van der Waals surface area contributed by atoms with Gasteiger partial charge in [0, 0.05) is 5.56 Å². The van der Waals surface area contributed by atoms with E-state index in [2.05, 4.69) is 11.9 Å². The van der Waals surface area contributed by atoms with Crippen molar-refractivity contribution in [3.63, 3.8) is 0 Å². The molecule has 0 aliphatic rings. The zero-order valence-electron chi connectivity index (χ0n) is 16.9. The number of rotatable bonds is 8. The minimum atomic E-state index is -0.472. The summed E-state index contributed by atoms with van der Waals surface area (Å²) in [7, 11) is 0. The van der Waals surface area contributed by atoms with Crippen LogP contribution in [0.2, 0.25) is 0 Å². The summed E-state index contributed by atoms with van der Waals surface area (Å²) in [4.78, 5) is 29.3. The number of hydrogen-bond donors (Lipinski definition) is 0. The van der Waals surface area contributed by atoms with Crippen molar-refractivity contribution in [2.75, 3.05) is 13.2 Å². The highest BCUT2D eigenvalue weighted by atomic mass is 32.1. The van der Waals surface area contributed by atoms with Gasteiger partial charge in [0.1, 0.15) is 18.1 Å². The maximum Gasteiger partial charge on any atom is 0.326 e. The van der Waals surface area contributed by atoms with Crippen LogP contribution in [-0.2, 0) is 16.1 Å². The van der Waals surface area contributed by atoms with Crippen molar-refractivity contribution in [3.05, 3.63) is 58.6 Å². The summed E-state index contributed by atoms with van der Waals surface area (Å²) in [6.07, 6.45) is 1.94. The van der Waals surface area contributed by atoms with Crippen LogP contribution in [0.5, 0.6) is 5.75 Å². The van der Waals surface area contributed by atoms with E-state index >= 15 is 0 Å². The molecular formula is C22H23FN2O4S. The van der Waals surface area contributed by atoms with Gasteiger partial charge < -0.3 is 14.0 Å². The molecule has 0 N–H and O–H groups in total. The number of carbonyl (C=O) groups is 2. The zero-order chi connectivity index (χ0) is 21.5. The van der Waals surface area contributed by atoms with Gasteiger partial charge in [0.05, 0.1) is 23.4 Å². The Balaban J connectivity index is 1.97. The third-order valence-corrected chi connectivity index (χ3v) is 5.32. The van der Waals surface area contributed by atoms with E-state index in [9.17, 15) is 14.0 Å². The number of benzene rings is 2. The van der Waals surface area contributed by atoms with Crippen molar-refractivity contribution < 1.29 is 23.5 Å². The summed E-state index contributed by atoms with van der Waals surface area (Å²) in [6.45, 7) is 4.49. The monoisotopic (exact) mass is 430 g/mol. The third-order valence-electron chi connectivity index (χ3n) is 4.28. The summed E-state index contributed by atoms with van der Waals surface area (Å²) in [5.74, 6) is -0.730. The standard InChI is InChI=1S/C22H23FN2O4S/c1-3-5-11-29-17-8-6-7-15(12-17)21(27)24-22-25(14-20(26)28-4-2)18-10-9-16(23)13-19(18)30-22/h6-10,12-13H,3-5,11,14H2,1-2H3. The van der Waals surface area contributed by atoms with Crippen LogP contribution in [0.4, 0.5) is 4.39 Å². The SMILES string of the molecule is CCCCOc1cccc(C(=O)N=c2sc3cc(F)ccc3n2CC(=O)OCC)c1. The predicted octanol–water partition coefficient (Wildman–Crippen LogP) is 4.33. The predicted molar refractivity (Wildman–Crippen MR) is 113 cm³/mol. The average Bonchev–Trinajstić information content (AvgIpc) is 3.04. The molecule has 158 valence electrons. The van der Waals surface area contributed by atoms with Gasteiger partial charge in [0.15, 0.2) is 4.80 Å². The number of esters is 1. The fourth-order valence-electron chi connectivity index (χ4n) is 2.83. The van der Waals surface area contributed by atoms with Crippen molar-refractivity contribution in [2.24, 2.45) is 4.99 Å². The topological polar surface area (TPSA) is 69.9 Å². The van der Waals surface area contributed by atoms with Crippen LogP contribution in [-0.4, -0.2) is 29.7 Å². The van der Waals surface area contributed by atoms with E-state index < -0.39 is 17.7 Å². The lowest BCUT2D eigenvalue weighted by molar-refractivity contribution is -0.143. The Morgan fingerprint density at radius 2 is 2.00 bits per heavy atom. The molecule has 1 aromatic heterocycles. The second kappa shape index (κ2) is 10.2. The Morgan fingerprint density at radius 1 is 1.17 bits per heavy atom. The number of halogens is 1. The molecule has 6 nitrogen and oxygen atoms in total. The number of carbonyl (C=O) groups excluding carboxylic acids is 2. The van der Waals surface area contributed by atoms with E-state index in [0.717, 1.165) is 24.2 Å². The summed E-state index contributed by atoms with van der Waals surface area (Å²) in [6, 6.07) is 11.0. The molecule has 0 bridgehead atoms. The number of aromatic nitrogens is 1. The molecule has 3 rings (SSSR count). The van der Waals surface area contributed by atoms with Crippen molar-refractivity contribution in [2.45, 2.75) is 33.2 Å². The normalized spacial score (nSPS) is 11.6. The molecule has 0 aliphatic carbocycles. The number of amides is 1. The second-order valence-electron chi connectivity index (χ2n) is 6.53. The Kier molecular flexibility index (Phi) is 7.35.